The Bertz CT molecular complexity index is 384. The molecule has 0 aliphatic carbocycles. The molecule has 0 saturated carbocycles. The maximum atomic E-state index is 13.9. The zero-order chi connectivity index (χ0) is 13.5. The number of rotatable bonds is 7. The van der Waals surface area contributed by atoms with Gasteiger partial charge in [-0.1, -0.05) is 31.5 Å². The molecule has 0 aliphatic rings. The molecule has 0 aliphatic heterocycles. The van der Waals surface area contributed by atoms with Crippen molar-refractivity contribution in [1.29, 1.82) is 0 Å². The highest BCUT2D eigenvalue weighted by Gasteiger charge is 2.12. The molecular formula is C14H20BrClFN. The number of benzene rings is 1. The highest BCUT2D eigenvalue weighted by atomic mass is 79.9. The lowest BCUT2D eigenvalue weighted by molar-refractivity contribution is 0.464. The fourth-order valence-electron chi connectivity index (χ4n) is 1.89. The molecule has 1 rings (SSSR count). The van der Waals surface area contributed by atoms with E-state index in [9.17, 15) is 4.39 Å². The van der Waals surface area contributed by atoms with Crippen molar-refractivity contribution in [3.63, 3.8) is 0 Å². The van der Waals surface area contributed by atoms with Gasteiger partial charge < -0.3 is 5.32 Å². The zero-order valence-electron chi connectivity index (χ0n) is 10.9. The summed E-state index contributed by atoms with van der Waals surface area (Å²) in [6, 6.07) is 4.06. The largest absolute Gasteiger partial charge is 0.314 e. The van der Waals surface area contributed by atoms with Crippen molar-refractivity contribution >= 4 is 27.5 Å². The summed E-state index contributed by atoms with van der Waals surface area (Å²) in [5.41, 5.74) is 0.694. The van der Waals surface area contributed by atoms with Gasteiger partial charge in [0.2, 0.25) is 0 Å². The first-order valence-corrected chi connectivity index (χ1v) is 7.63. The smallest absolute Gasteiger partial charge is 0.146 e. The minimum absolute atomic E-state index is 0.182. The Balaban J connectivity index is 2.59. The second-order valence-electron chi connectivity index (χ2n) is 4.43. The standard InChI is InChI=1S/C14H20BrClFN/c1-3-9-18-11(4-2)7-5-10-6-8-12(15)13(16)14(10)17/h6,8,11,18H,3-5,7,9H2,1-2H3. The summed E-state index contributed by atoms with van der Waals surface area (Å²) in [5.74, 6) is -0.295. The Kier molecular flexibility index (Phi) is 7.20. The van der Waals surface area contributed by atoms with Crippen LogP contribution in [-0.4, -0.2) is 12.6 Å². The van der Waals surface area contributed by atoms with Crippen LogP contribution in [0.2, 0.25) is 5.02 Å². The van der Waals surface area contributed by atoms with Crippen LogP contribution in [0.25, 0.3) is 0 Å². The summed E-state index contributed by atoms with van der Waals surface area (Å²) in [6.07, 6.45) is 3.83. The normalized spacial score (nSPS) is 12.7. The van der Waals surface area contributed by atoms with E-state index in [0.717, 1.165) is 25.8 Å². The third-order valence-electron chi connectivity index (χ3n) is 3.05. The fourth-order valence-corrected chi connectivity index (χ4v) is 2.38. The van der Waals surface area contributed by atoms with Gasteiger partial charge in [-0.15, -0.1) is 0 Å². The number of nitrogens with one attached hydrogen (secondary N) is 1. The minimum atomic E-state index is -0.295. The summed E-state index contributed by atoms with van der Waals surface area (Å²) in [6.45, 7) is 5.31. The molecule has 1 atom stereocenters. The monoisotopic (exact) mass is 335 g/mol. The first-order chi connectivity index (χ1) is 8.60. The van der Waals surface area contributed by atoms with E-state index in [0.29, 0.717) is 22.5 Å². The van der Waals surface area contributed by atoms with Crippen molar-refractivity contribution in [2.75, 3.05) is 6.54 Å². The Morgan fingerprint density at radius 2 is 2.11 bits per heavy atom. The lowest BCUT2D eigenvalue weighted by Gasteiger charge is -2.16. The van der Waals surface area contributed by atoms with E-state index in [1.165, 1.54) is 0 Å². The maximum Gasteiger partial charge on any atom is 0.146 e. The third-order valence-corrected chi connectivity index (χ3v) is 4.31. The van der Waals surface area contributed by atoms with E-state index in [4.69, 9.17) is 11.6 Å². The summed E-state index contributed by atoms with van der Waals surface area (Å²) >= 11 is 9.10. The molecule has 1 unspecified atom stereocenters. The van der Waals surface area contributed by atoms with Gasteiger partial charge >= 0.3 is 0 Å². The topological polar surface area (TPSA) is 12.0 Å². The van der Waals surface area contributed by atoms with Gasteiger partial charge in [0.05, 0.1) is 5.02 Å². The van der Waals surface area contributed by atoms with Crippen molar-refractivity contribution < 1.29 is 4.39 Å². The molecule has 18 heavy (non-hydrogen) atoms. The number of hydrogen-bond acceptors (Lipinski definition) is 1. The Morgan fingerprint density at radius 1 is 1.39 bits per heavy atom. The molecule has 0 aromatic heterocycles. The molecule has 1 aromatic carbocycles. The van der Waals surface area contributed by atoms with Gasteiger partial charge in [-0.2, -0.15) is 0 Å². The first-order valence-electron chi connectivity index (χ1n) is 6.45. The highest BCUT2D eigenvalue weighted by molar-refractivity contribution is 9.10. The molecule has 0 spiro atoms. The van der Waals surface area contributed by atoms with Crippen molar-refractivity contribution in [1.82, 2.24) is 5.32 Å². The molecule has 1 nitrogen and oxygen atoms in total. The summed E-state index contributed by atoms with van der Waals surface area (Å²) in [5, 5.41) is 3.65. The van der Waals surface area contributed by atoms with Crippen molar-refractivity contribution in [2.24, 2.45) is 0 Å². The summed E-state index contributed by atoms with van der Waals surface area (Å²) in [7, 11) is 0. The molecule has 0 saturated heterocycles. The Morgan fingerprint density at radius 3 is 2.72 bits per heavy atom. The van der Waals surface area contributed by atoms with Crippen LogP contribution in [0, 0.1) is 5.82 Å². The lowest BCUT2D eigenvalue weighted by Crippen LogP contribution is -2.29. The second-order valence-corrected chi connectivity index (χ2v) is 5.66. The molecule has 1 aromatic rings. The first kappa shape index (κ1) is 15.9. The molecule has 0 radical (unpaired) electrons. The minimum Gasteiger partial charge on any atom is -0.314 e. The van der Waals surface area contributed by atoms with Crippen LogP contribution >= 0.6 is 27.5 Å². The van der Waals surface area contributed by atoms with Crippen LogP contribution in [0.15, 0.2) is 16.6 Å². The van der Waals surface area contributed by atoms with Crippen LogP contribution in [-0.2, 0) is 6.42 Å². The van der Waals surface area contributed by atoms with Crippen molar-refractivity contribution in [3.05, 3.63) is 33.0 Å². The molecule has 102 valence electrons. The van der Waals surface area contributed by atoms with Crippen LogP contribution in [0.1, 0.15) is 38.7 Å². The van der Waals surface area contributed by atoms with Gasteiger partial charge in [-0.05, 0) is 59.8 Å². The Labute approximate surface area is 122 Å². The average molecular weight is 337 g/mol. The fraction of sp³-hybridized carbons (Fsp3) is 0.571. The predicted molar refractivity (Wildman–Crippen MR) is 79.8 cm³/mol. The van der Waals surface area contributed by atoms with Crippen LogP contribution in [0.5, 0.6) is 0 Å². The van der Waals surface area contributed by atoms with Crippen LogP contribution in [0.3, 0.4) is 0 Å². The summed E-state index contributed by atoms with van der Waals surface area (Å²) < 4.78 is 14.5. The zero-order valence-corrected chi connectivity index (χ0v) is 13.2. The number of hydrogen-bond donors (Lipinski definition) is 1. The van der Waals surface area contributed by atoms with Gasteiger partial charge in [0.25, 0.3) is 0 Å². The third kappa shape index (κ3) is 4.52. The molecule has 0 amide bonds. The van der Waals surface area contributed by atoms with E-state index in [2.05, 4.69) is 35.1 Å². The highest BCUT2D eigenvalue weighted by Crippen LogP contribution is 2.28. The quantitative estimate of drug-likeness (QED) is 0.694. The maximum absolute atomic E-state index is 13.9. The average Bonchev–Trinajstić information content (AvgIpc) is 2.38. The number of aryl methyl sites for hydroxylation is 1. The molecule has 0 fully saturated rings. The SMILES string of the molecule is CCCNC(CC)CCc1ccc(Br)c(Cl)c1F. The predicted octanol–water partition coefficient (Wildman–Crippen LogP) is 4.95. The van der Waals surface area contributed by atoms with Gasteiger partial charge in [-0.25, -0.2) is 4.39 Å². The molecule has 1 N–H and O–H groups in total. The van der Waals surface area contributed by atoms with E-state index in [1.54, 1.807) is 12.1 Å². The van der Waals surface area contributed by atoms with Crippen molar-refractivity contribution in [2.45, 2.75) is 45.6 Å². The molecule has 0 bridgehead atoms. The van der Waals surface area contributed by atoms with E-state index < -0.39 is 0 Å². The second kappa shape index (κ2) is 8.13. The molecular weight excluding hydrogens is 317 g/mol. The van der Waals surface area contributed by atoms with Crippen LogP contribution < -0.4 is 5.32 Å². The van der Waals surface area contributed by atoms with E-state index in [-0.39, 0.29) is 10.8 Å². The van der Waals surface area contributed by atoms with Gasteiger partial charge in [-0.3, -0.25) is 0 Å². The van der Waals surface area contributed by atoms with Crippen molar-refractivity contribution in [3.8, 4) is 0 Å². The number of halogens is 3. The van der Waals surface area contributed by atoms with Gasteiger partial charge in [0, 0.05) is 10.5 Å². The van der Waals surface area contributed by atoms with E-state index >= 15 is 0 Å². The molecule has 0 heterocycles. The van der Waals surface area contributed by atoms with Gasteiger partial charge in [0.15, 0.2) is 0 Å². The Hall–Kier alpha value is -0.120. The van der Waals surface area contributed by atoms with E-state index in [1.807, 2.05) is 0 Å². The van der Waals surface area contributed by atoms with Crippen LogP contribution in [0.4, 0.5) is 4.39 Å². The summed E-state index contributed by atoms with van der Waals surface area (Å²) in [4.78, 5) is 0. The van der Waals surface area contributed by atoms with Gasteiger partial charge in [0.1, 0.15) is 5.82 Å². The molecule has 4 heteroatoms. The lowest BCUT2D eigenvalue weighted by atomic mass is 10.0.